The summed E-state index contributed by atoms with van der Waals surface area (Å²) in [7, 11) is 3.16. The van der Waals surface area contributed by atoms with E-state index in [9.17, 15) is 9.18 Å². The lowest BCUT2D eigenvalue weighted by atomic mass is 9.94. The van der Waals surface area contributed by atoms with Crippen LogP contribution in [0.25, 0.3) is 0 Å². The second-order valence-corrected chi connectivity index (χ2v) is 7.33. The minimum absolute atomic E-state index is 0.102. The van der Waals surface area contributed by atoms with Gasteiger partial charge in [-0.25, -0.2) is 4.39 Å². The second-order valence-electron chi connectivity index (χ2n) is 6.29. The van der Waals surface area contributed by atoms with Crippen LogP contribution in [-0.4, -0.2) is 20.1 Å². The molecule has 2 aromatic carbocycles. The molecule has 0 radical (unpaired) electrons. The third kappa shape index (κ3) is 4.89. The molecule has 0 saturated carbocycles. The summed E-state index contributed by atoms with van der Waals surface area (Å²) in [5.74, 6) is 0.445. The van der Waals surface area contributed by atoms with Crippen molar-refractivity contribution < 1.29 is 18.7 Å². The van der Waals surface area contributed by atoms with Gasteiger partial charge in [0.05, 0.1) is 20.1 Å². The van der Waals surface area contributed by atoms with Gasteiger partial charge in [0.2, 0.25) is 5.91 Å². The molecule has 4 nitrogen and oxygen atoms in total. The van der Waals surface area contributed by atoms with Gasteiger partial charge >= 0.3 is 0 Å². The first kappa shape index (κ1) is 19.9. The number of hydrogen-bond acceptors (Lipinski definition) is 4. The number of nitrogens with one attached hydrogen (secondary N) is 1. The third-order valence-electron chi connectivity index (χ3n) is 4.49. The summed E-state index contributed by atoms with van der Waals surface area (Å²) in [5.41, 5.74) is 1.69. The summed E-state index contributed by atoms with van der Waals surface area (Å²) in [6, 6.07) is 15.6. The average molecular weight is 399 g/mol. The average Bonchev–Trinajstić information content (AvgIpc) is 3.24. The topological polar surface area (TPSA) is 47.6 Å². The number of benzene rings is 2. The lowest BCUT2D eigenvalue weighted by Crippen LogP contribution is -2.30. The molecule has 1 unspecified atom stereocenters. The van der Waals surface area contributed by atoms with E-state index < -0.39 is 0 Å². The molecule has 1 N–H and O–H groups in total. The van der Waals surface area contributed by atoms with Crippen LogP contribution in [-0.2, 0) is 17.8 Å². The maximum absolute atomic E-state index is 13.3. The molecule has 1 heterocycles. The van der Waals surface area contributed by atoms with Gasteiger partial charge < -0.3 is 14.8 Å². The van der Waals surface area contributed by atoms with Crippen LogP contribution in [0.1, 0.15) is 21.9 Å². The van der Waals surface area contributed by atoms with Crippen LogP contribution in [0.4, 0.5) is 4.39 Å². The molecule has 1 amide bonds. The lowest BCUT2D eigenvalue weighted by Gasteiger charge is -2.17. The Bertz CT molecular complexity index is 910. The first-order valence-corrected chi connectivity index (χ1v) is 9.75. The number of carbonyl (C=O) groups is 1. The minimum atomic E-state index is -0.389. The highest BCUT2D eigenvalue weighted by atomic mass is 32.1. The van der Waals surface area contributed by atoms with Crippen molar-refractivity contribution in [1.82, 2.24) is 5.32 Å². The quantitative estimate of drug-likeness (QED) is 0.605. The van der Waals surface area contributed by atoms with Gasteiger partial charge in [-0.2, -0.15) is 0 Å². The van der Waals surface area contributed by atoms with Crippen LogP contribution in [0.5, 0.6) is 11.5 Å². The van der Waals surface area contributed by atoms with E-state index in [1.54, 1.807) is 37.7 Å². The maximum atomic E-state index is 13.3. The Morgan fingerprint density at radius 2 is 1.82 bits per heavy atom. The number of carbonyl (C=O) groups excluding carboxylic acids is 1. The molecule has 0 spiro atoms. The van der Waals surface area contributed by atoms with Crippen LogP contribution < -0.4 is 14.8 Å². The third-order valence-corrected chi connectivity index (χ3v) is 5.39. The predicted molar refractivity (Wildman–Crippen MR) is 109 cm³/mol. The van der Waals surface area contributed by atoms with Crippen LogP contribution in [0.3, 0.4) is 0 Å². The van der Waals surface area contributed by atoms with Gasteiger partial charge in [0, 0.05) is 11.4 Å². The monoisotopic (exact) mass is 399 g/mol. The van der Waals surface area contributed by atoms with E-state index in [1.807, 2.05) is 35.7 Å². The van der Waals surface area contributed by atoms with E-state index >= 15 is 0 Å². The van der Waals surface area contributed by atoms with Crippen LogP contribution in [0.15, 0.2) is 60.0 Å². The summed E-state index contributed by atoms with van der Waals surface area (Å²) in [5, 5.41) is 4.97. The summed E-state index contributed by atoms with van der Waals surface area (Å²) in [6.07, 6.45) is 0.571. The molecule has 0 fully saturated rings. The zero-order valence-electron chi connectivity index (χ0n) is 15.8. The predicted octanol–water partition coefficient (Wildman–Crippen LogP) is 4.55. The Morgan fingerprint density at radius 1 is 1.07 bits per heavy atom. The number of hydrogen-bond donors (Lipinski definition) is 1. The molecule has 0 aliphatic carbocycles. The highest BCUT2D eigenvalue weighted by Crippen LogP contribution is 2.28. The molecular weight excluding hydrogens is 377 g/mol. The summed E-state index contributed by atoms with van der Waals surface area (Å²) in [4.78, 5) is 14.1. The van der Waals surface area contributed by atoms with Crippen molar-refractivity contribution >= 4 is 17.2 Å². The number of halogens is 1. The molecule has 0 aliphatic heterocycles. The highest BCUT2D eigenvalue weighted by Gasteiger charge is 2.21. The number of ether oxygens (including phenoxy) is 2. The van der Waals surface area contributed by atoms with Gasteiger partial charge in [-0.1, -0.05) is 24.3 Å². The molecule has 3 aromatic rings. The second kappa shape index (κ2) is 9.37. The number of methoxy groups -OCH3 is 2. The van der Waals surface area contributed by atoms with Crippen molar-refractivity contribution in [1.29, 1.82) is 0 Å². The first-order valence-electron chi connectivity index (χ1n) is 8.87. The normalized spacial score (nSPS) is 11.7. The van der Waals surface area contributed by atoms with Gasteiger partial charge in [-0.05, 0) is 53.3 Å². The molecule has 1 atom stereocenters. The number of amides is 1. The SMILES string of the molecule is COc1ccc(CNC(=O)C(Cc2cccs2)c2ccc(F)cc2)cc1OC. The molecule has 0 bridgehead atoms. The fourth-order valence-electron chi connectivity index (χ4n) is 2.99. The van der Waals surface area contributed by atoms with Crippen molar-refractivity contribution in [2.24, 2.45) is 0 Å². The zero-order valence-corrected chi connectivity index (χ0v) is 16.6. The van der Waals surface area contributed by atoms with Gasteiger partial charge in [-0.3, -0.25) is 4.79 Å². The Labute approximate surface area is 167 Å². The van der Waals surface area contributed by atoms with E-state index in [4.69, 9.17) is 9.47 Å². The molecule has 1 aromatic heterocycles. The fourth-order valence-corrected chi connectivity index (χ4v) is 3.74. The molecule has 146 valence electrons. The molecule has 0 saturated heterocycles. The molecule has 28 heavy (non-hydrogen) atoms. The molecule has 3 rings (SSSR count). The highest BCUT2D eigenvalue weighted by molar-refractivity contribution is 7.09. The lowest BCUT2D eigenvalue weighted by molar-refractivity contribution is -0.122. The zero-order chi connectivity index (χ0) is 19.9. The van der Waals surface area contributed by atoms with E-state index in [0.717, 1.165) is 16.0 Å². The summed E-state index contributed by atoms with van der Waals surface area (Å²) in [6.45, 7) is 0.362. The Kier molecular flexibility index (Phi) is 6.66. The Morgan fingerprint density at radius 3 is 2.46 bits per heavy atom. The van der Waals surface area contributed by atoms with Crippen LogP contribution in [0, 0.1) is 5.82 Å². The van der Waals surface area contributed by atoms with Gasteiger partial charge in [0.1, 0.15) is 5.82 Å². The summed E-state index contributed by atoms with van der Waals surface area (Å²) >= 11 is 1.61. The standard InChI is InChI=1S/C22H22FNO3S/c1-26-20-10-5-15(12-21(20)27-2)14-24-22(25)19(13-18-4-3-11-28-18)16-6-8-17(23)9-7-16/h3-12,19H,13-14H2,1-2H3,(H,24,25). The van der Waals surface area contributed by atoms with Crippen molar-refractivity contribution in [3.8, 4) is 11.5 Å². The smallest absolute Gasteiger partial charge is 0.228 e. The van der Waals surface area contributed by atoms with E-state index in [2.05, 4.69) is 5.32 Å². The van der Waals surface area contributed by atoms with Crippen LogP contribution >= 0.6 is 11.3 Å². The largest absolute Gasteiger partial charge is 0.493 e. The van der Waals surface area contributed by atoms with Gasteiger partial charge in [0.15, 0.2) is 11.5 Å². The van der Waals surface area contributed by atoms with E-state index in [1.165, 1.54) is 12.1 Å². The van der Waals surface area contributed by atoms with Crippen LogP contribution in [0.2, 0.25) is 0 Å². The summed E-state index contributed by atoms with van der Waals surface area (Å²) < 4.78 is 23.9. The van der Waals surface area contributed by atoms with Gasteiger partial charge in [0.25, 0.3) is 0 Å². The van der Waals surface area contributed by atoms with E-state index in [0.29, 0.717) is 24.5 Å². The fraction of sp³-hybridized carbons (Fsp3) is 0.227. The number of rotatable bonds is 8. The molecule has 6 heteroatoms. The number of thiophene rings is 1. The van der Waals surface area contributed by atoms with E-state index in [-0.39, 0.29) is 17.6 Å². The maximum Gasteiger partial charge on any atom is 0.228 e. The Hall–Kier alpha value is -2.86. The van der Waals surface area contributed by atoms with Crippen molar-refractivity contribution in [3.05, 3.63) is 81.8 Å². The molecular formula is C22H22FNO3S. The van der Waals surface area contributed by atoms with Gasteiger partial charge in [-0.15, -0.1) is 11.3 Å². The van der Waals surface area contributed by atoms with Crippen molar-refractivity contribution in [3.63, 3.8) is 0 Å². The first-order chi connectivity index (χ1) is 13.6. The molecule has 0 aliphatic rings. The minimum Gasteiger partial charge on any atom is -0.493 e. The van der Waals surface area contributed by atoms with Crippen molar-refractivity contribution in [2.75, 3.05) is 14.2 Å². The van der Waals surface area contributed by atoms with Crippen molar-refractivity contribution in [2.45, 2.75) is 18.9 Å². The Balaban J connectivity index is 1.74.